The first-order chi connectivity index (χ1) is 10.0. The first-order valence-electron chi connectivity index (χ1n) is 7.23. The molecule has 2 aliphatic rings. The Balaban J connectivity index is 1.87. The number of aliphatic hydroxyl groups is 1. The number of carboxylic acids is 1. The minimum absolute atomic E-state index is 0.0163. The molecule has 2 N–H and O–H groups in total. The standard InChI is InChI=1S/C13H23N3O5/c1-10-9-21-11(8-17)6-16(10)13(20)15-4-2-14(3-5-15)7-12(18)19/h10-11,17H,2-9H2,1H3,(H,18,19). The van der Waals surface area contributed by atoms with E-state index in [-0.39, 0.29) is 31.3 Å². The van der Waals surface area contributed by atoms with Gasteiger partial charge in [0, 0.05) is 26.2 Å². The van der Waals surface area contributed by atoms with Gasteiger partial charge in [0.05, 0.1) is 38.4 Å². The fraction of sp³-hybridized carbons (Fsp3) is 0.846. The fourth-order valence-corrected chi connectivity index (χ4v) is 2.66. The number of nitrogens with zero attached hydrogens (tertiary/aromatic N) is 3. The number of hydrogen-bond acceptors (Lipinski definition) is 5. The average Bonchev–Trinajstić information content (AvgIpc) is 2.47. The Morgan fingerprint density at radius 2 is 1.90 bits per heavy atom. The van der Waals surface area contributed by atoms with Gasteiger partial charge in [0.15, 0.2) is 0 Å². The largest absolute Gasteiger partial charge is 0.480 e. The normalized spacial score (nSPS) is 27.7. The van der Waals surface area contributed by atoms with E-state index >= 15 is 0 Å². The van der Waals surface area contributed by atoms with E-state index in [0.717, 1.165) is 0 Å². The molecule has 120 valence electrons. The first kappa shape index (κ1) is 16.0. The summed E-state index contributed by atoms with van der Waals surface area (Å²) in [7, 11) is 0. The monoisotopic (exact) mass is 301 g/mol. The van der Waals surface area contributed by atoms with Gasteiger partial charge in [-0.3, -0.25) is 9.69 Å². The lowest BCUT2D eigenvalue weighted by Crippen LogP contribution is -2.59. The number of morpholine rings is 1. The molecule has 2 aliphatic heterocycles. The van der Waals surface area contributed by atoms with Crippen LogP contribution in [0.5, 0.6) is 0 Å². The van der Waals surface area contributed by atoms with Crippen LogP contribution >= 0.6 is 0 Å². The third-order valence-electron chi connectivity index (χ3n) is 3.96. The molecule has 2 atom stereocenters. The Morgan fingerprint density at radius 3 is 2.48 bits per heavy atom. The van der Waals surface area contributed by atoms with Gasteiger partial charge in [-0.25, -0.2) is 4.79 Å². The van der Waals surface area contributed by atoms with Crippen molar-refractivity contribution in [3.8, 4) is 0 Å². The van der Waals surface area contributed by atoms with Crippen LogP contribution in [-0.4, -0.2) is 102 Å². The van der Waals surface area contributed by atoms with Crippen molar-refractivity contribution in [2.24, 2.45) is 0 Å². The summed E-state index contributed by atoms with van der Waals surface area (Å²) >= 11 is 0. The van der Waals surface area contributed by atoms with Crippen molar-refractivity contribution in [2.75, 3.05) is 52.5 Å². The van der Waals surface area contributed by atoms with Gasteiger partial charge in [0.1, 0.15) is 0 Å². The maximum Gasteiger partial charge on any atom is 0.320 e. The van der Waals surface area contributed by atoms with E-state index in [0.29, 0.717) is 39.3 Å². The van der Waals surface area contributed by atoms with Crippen molar-refractivity contribution in [2.45, 2.75) is 19.1 Å². The fourth-order valence-electron chi connectivity index (χ4n) is 2.66. The van der Waals surface area contributed by atoms with Gasteiger partial charge in [-0.2, -0.15) is 0 Å². The average molecular weight is 301 g/mol. The second-order valence-corrected chi connectivity index (χ2v) is 5.58. The summed E-state index contributed by atoms with van der Waals surface area (Å²) in [6, 6.07) is -0.0726. The zero-order valence-electron chi connectivity index (χ0n) is 12.3. The van der Waals surface area contributed by atoms with Gasteiger partial charge < -0.3 is 24.7 Å². The topological polar surface area (TPSA) is 93.6 Å². The van der Waals surface area contributed by atoms with E-state index in [4.69, 9.17) is 14.9 Å². The lowest BCUT2D eigenvalue weighted by Gasteiger charge is -2.42. The van der Waals surface area contributed by atoms with Crippen LogP contribution in [0.2, 0.25) is 0 Å². The quantitative estimate of drug-likeness (QED) is 0.686. The highest BCUT2D eigenvalue weighted by Gasteiger charge is 2.33. The van der Waals surface area contributed by atoms with Crippen LogP contribution in [0.3, 0.4) is 0 Å². The number of hydrogen-bond donors (Lipinski definition) is 2. The van der Waals surface area contributed by atoms with E-state index in [9.17, 15) is 9.59 Å². The second kappa shape index (κ2) is 7.06. The van der Waals surface area contributed by atoms with Crippen molar-refractivity contribution in [3.63, 3.8) is 0 Å². The maximum atomic E-state index is 12.5. The Bertz CT molecular complexity index is 384. The molecule has 0 aromatic heterocycles. The molecule has 0 spiro atoms. The number of carbonyl (C=O) groups is 2. The number of aliphatic carboxylic acids is 1. The molecule has 8 heteroatoms. The lowest BCUT2D eigenvalue weighted by atomic mass is 10.2. The summed E-state index contributed by atoms with van der Waals surface area (Å²) in [6.07, 6.45) is -0.321. The summed E-state index contributed by atoms with van der Waals surface area (Å²) < 4.78 is 5.43. The molecule has 0 bridgehead atoms. The molecule has 2 saturated heterocycles. The molecule has 0 aromatic rings. The first-order valence-corrected chi connectivity index (χ1v) is 7.23. The number of carboxylic acid groups (broad SMARTS) is 1. The number of ether oxygens (including phenoxy) is 1. The van der Waals surface area contributed by atoms with Crippen LogP contribution in [0.4, 0.5) is 4.79 Å². The van der Waals surface area contributed by atoms with E-state index in [2.05, 4.69) is 0 Å². The molecule has 2 unspecified atom stereocenters. The van der Waals surface area contributed by atoms with Gasteiger partial charge >= 0.3 is 12.0 Å². The van der Waals surface area contributed by atoms with E-state index in [1.807, 2.05) is 11.8 Å². The third-order valence-corrected chi connectivity index (χ3v) is 3.96. The molecule has 0 radical (unpaired) electrons. The van der Waals surface area contributed by atoms with Crippen LogP contribution in [-0.2, 0) is 9.53 Å². The molecule has 2 heterocycles. The van der Waals surface area contributed by atoms with Crippen LogP contribution < -0.4 is 0 Å². The van der Waals surface area contributed by atoms with Crippen LogP contribution in [0.25, 0.3) is 0 Å². The molecule has 0 saturated carbocycles. The van der Waals surface area contributed by atoms with E-state index in [1.165, 1.54) is 0 Å². The Hall–Kier alpha value is -1.38. The highest BCUT2D eigenvalue weighted by Crippen LogP contribution is 2.15. The van der Waals surface area contributed by atoms with Crippen LogP contribution in [0, 0.1) is 0 Å². The van der Waals surface area contributed by atoms with Gasteiger partial charge in [0.25, 0.3) is 0 Å². The van der Waals surface area contributed by atoms with Gasteiger partial charge in [-0.15, -0.1) is 0 Å². The van der Waals surface area contributed by atoms with E-state index < -0.39 is 5.97 Å². The number of amides is 2. The lowest BCUT2D eigenvalue weighted by molar-refractivity contribution is -0.138. The van der Waals surface area contributed by atoms with Gasteiger partial charge in [-0.05, 0) is 6.92 Å². The highest BCUT2D eigenvalue weighted by atomic mass is 16.5. The Kier molecular flexibility index (Phi) is 5.38. The van der Waals surface area contributed by atoms with E-state index in [1.54, 1.807) is 9.80 Å². The van der Waals surface area contributed by atoms with Crippen molar-refractivity contribution in [3.05, 3.63) is 0 Å². The molecule has 2 rings (SSSR count). The third kappa shape index (κ3) is 4.05. The molecule has 0 aliphatic carbocycles. The maximum absolute atomic E-state index is 12.5. The summed E-state index contributed by atoms with van der Waals surface area (Å²) in [6.45, 7) is 4.86. The molecule has 21 heavy (non-hydrogen) atoms. The van der Waals surface area contributed by atoms with Gasteiger partial charge in [-0.1, -0.05) is 0 Å². The summed E-state index contributed by atoms with van der Waals surface area (Å²) in [5, 5.41) is 17.9. The molecular weight excluding hydrogens is 278 g/mol. The van der Waals surface area contributed by atoms with Crippen LogP contribution in [0.1, 0.15) is 6.92 Å². The number of urea groups is 1. The number of carbonyl (C=O) groups excluding carboxylic acids is 1. The Morgan fingerprint density at radius 1 is 1.24 bits per heavy atom. The van der Waals surface area contributed by atoms with Crippen molar-refractivity contribution in [1.29, 1.82) is 0 Å². The predicted octanol–water partition coefficient (Wildman–Crippen LogP) is -1.11. The molecule has 2 amide bonds. The highest BCUT2D eigenvalue weighted by molar-refractivity contribution is 5.75. The van der Waals surface area contributed by atoms with Crippen LogP contribution in [0.15, 0.2) is 0 Å². The molecule has 8 nitrogen and oxygen atoms in total. The SMILES string of the molecule is CC1COC(CO)CN1C(=O)N1CCN(CC(=O)O)CC1. The minimum Gasteiger partial charge on any atom is -0.480 e. The summed E-state index contributed by atoms with van der Waals surface area (Å²) in [4.78, 5) is 28.5. The smallest absolute Gasteiger partial charge is 0.320 e. The van der Waals surface area contributed by atoms with Crippen molar-refractivity contribution >= 4 is 12.0 Å². The zero-order valence-corrected chi connectivity index (χ0v) is 12.3. The number of rotatable bonds is 3. The summed E-state index contributed by atoms with van der Waals surface area (Å²) in [5.74, 6) is -0.845. The minimum atomic E-state index is -0.845. The van der Waals surface area contributed by atoms with Crippen molar-refractivity contribution in [1.82, 2.24) is 14.7 Å². The molecule has 2 fully saturated rings. The second-order valence-electron chi connectivity index (χ2n) is 5.58. The summed E-state index contributed by atoms with van der Waals surface area (Å²) in [5.41, 5.74) is 0. The predicted molar refractivity (Wildman–Crippen MR) is 74.0 cm³/mol. The molecular formula is C13H23N3O5. The Labute approximate surface area is 123 Å². The number of aliphatic hydroxyl groups excluding tert-OH is 1. The van der Waals surface area contributed by atoms with Crippen molar-refractivity contribution < 1.29 is 24.5 Å². The zero-order chi connectivity index (χ0) is 15.4. The van der Waals surface area contributed by atoms with Gasteiger partial charge in [0.2, 0.25) is 0 Å². The number of piperazine rings is 1. The molecule has 0 aromatic carbocycles.